The summed E-state index contributed by atoms with van der Waals surface area (Å²) in [5.74, 6) is -0.375. The Kier molecular flexibility index (Phi) is 4.35. The van der Waals surface area contributed by atoms with E-state index in [2.05, 4.69) is 5.32 Å². The van der Waals surface area contributed by atoms with Crippen LogP contribution in [0.1, 0.15) is 24.1 Å². The predicted molar refractivity (Wildman–Crippen MR) is 77.5 cm³/mol. The fourth-order valence-corrected chi connectivity index (χ4v) is 2.02. The smallest absolute Gasteiger partial charge is 0.224 e. The van der Waals surface area contributed by atoms with Gasteiger partial charge in [-0.2, -0.15) is 0 Å². The predicted octanol–water partition coefficient (Wildman–Crippen LogP) is 2.83. The number of hydrogen-bond acceptors (Lipinski definition) is 2. The first-order valence-electron chi connectivity index (χ1n) is 6.44. The molecule has 0 fully saturated rings. The Morgan fingerprint density at radius 3 is 2.60 bits per heavy atom. The molecule has 104 valence electrons. The Morgan fingerprint density at radius 2 is 1.95 bits per heavy atom. The number of anilines is 1. The van der Waals surface area contributed by atoms with Gasteiger partial charge in [0.05, 0.1) is 12.5 Å². The van der Waals surface area contributed by atoms with Gasteiger partial charge in [0, 0.05) is 5.69 Å². The van der Waals surface area contributed by atoms with E-state index in [0.717, 1.165) is 11.1 Å². The van der Waals surface area contributed by atoms with E-state index in [9.17, 15) is 9.18 Å². The van der Waals surface area contributed by atoms with E-state index in [4.69, 9.17) is 5.73 Å². The second kappa shape index (κ2) is 6.19. The van der Waals surface area contributed by atoms with Crippen LogP contribution in [-0.4, -0.2) is 5.91 Å². The zero-order valence-electron chi connectivity index (χ0n) is 11.3. The number of nitrogens with one attached hydrogen (secondary N) is 1. The summed E-state index contributed by atoms with van der Waals surface area (Å²) >= 11 is 0. The molecule has 4 heteroatoms. The molecule has 0 saturated carbocycles. The van der Waals surface area contributed by atoms with Gasteiger partial charge >= 0.3 is 0 Å². The number of halogens is 1. The first-order valence-corrected chi connectivity index (χ1v) is 6.44. The Balaban J connectivity index is 1.95. The topological polar surface area (TPSA) is 55.1 Å². The minimum absolute atomic E-state index is 0.0903. The summed E-state index contributed by atoms with van der Waals surface area (Å²) in [7, 11) is 0. The quantitative estimate of drug-likeness (QED) is 0.841. The lowest BCUT2D eigenvalue weighted by Gasteiger charge is -2.14. The summed E-state index contributed by atoms with van der Waals surface area (Å²) in [4.78, 5) is 11.9. The van der Waals surface area contributed by atoms with Crippen molar-refractivity contribution in [2.24, 2.45) is 0 Å². The summed E-state index contributed by atoms with van der Waals surface area (Å²) in [5, 5.41) is 2.88. The van der Waals surface area contributed by atoms with E-state index in [-0.39, 0.29) is 24.2 Å². The van der Waals surface area contributed by atoms with Crippen LogP contribution in [0.3, 0.4) is 0 Å². The van der Waals surface area contributed by atoms with Gasteiger partial charge < -0.3 is 11.1 Å². The Hall–Kier alpha value is -2.36. The lowest BCUT2D eigenvalue weighted by molar-refractivity contribution is -0.121. The van der Waals surface area contributed by atoms with Crippen LogP contribution in [0.4, 0.5) is 10.1 Å². The van der Waals surface area contributed by atoms with Crippen LogP contribution in [0, 0.1) is 5.82 Å². The number of carbonyl (C=O) groups is 1. The minimum atomic E-state index is -0.285. The van der Waals surface area contributed by atoms with Crippen molar-refractivity contribution < 1.29 is 9.18 Å². The third-order valence-electron chi connectivity index (χ3n) is 3.06. The molecule has 3 nitrogen and oxygen atoms in total. The van der Waals surface area contributed by atoms with Crippen LogP contribution in [0.15, 0.2) is 48.5 Å². The molecule has 2 aromatic carbocycles. The number of hydrogen-bond donors (Lipinski definition) is 2. The van der Waals surface area contributed by atoms with Crippen molar-refractivity contribution in [3.63, 3.8) is 0 Å². The fourth-order valence-electron chi connectivity index (χ4n) is 2.02. The van der Waals surface area contributed by atoms with Gasteiger partial charge in [0.15, 0.2) is 0 Å². The van der Waals surface area contributed by atoms with Crippen LogP contribution in [-0.2, 0) is 11.2 Å². The van der Waals surface area contributed by atoms with E-state index in [1.807, 2.05) is 19.1 Å². The number of carbonyl (C=O) groups excluding carboxylic acids is 1. The molecular weight excluding hydrogens is 255 g/mol. The Morgan fingerprint density at radius 1 is 1.25 bits per heavy atom. The van der Waals surface area contributed by atoms with Crippen LogP contribution in [0.25, 0.3) is 0 Å². The molecule has 0 radical (unpaired) electrons. The molecule has 20 heavy (non-hydrogen) atoms. The SMILES string of the molecule is CC(NC(=O)Cc1cccc(N)c1)c1ccc(F)cc1. The van der Waals surface area contributed by atoms with E-state index >= 15 is 0 Å². The average molecular weight is 272 g/mol. The third kappa shape index (κ3) is 3.82. The van der Waals surface area contributed by atoms with Crippen molar-refractivity contribution in [1.82, 2.24) is 5.32 Å². The van der Waals surface area contributed by atoms with Crippen molar-refractivity contribution >= 4 is 11.6 Å². The van der Waals surface area contributed by atoms with Gasteiger partial charge in [-0.3, -0.25) is 4.79 Å². The third-order valence-corrected chi connectivity index (χ3v) is 3.06. The maximum atomic E-state index is 12.8. The molecule has 2 rings (SSSR count). The highest BCUT2D eigenvalue weighted by Gasteiger charge is 2.10. The van der Waals surface area contributed by atoms with Gasteiger partial charge in [0.1, 0.15) is 5.82 Å². The fraction of sp³-hybridized carbons (Fsp3) is 0.188. The summed E-state index contributed by atoms with van der Waals surface area (Å²) in [6, 6.07) is 13.2. The molecule has 0 aromatic heterocycles. The highest BCUT2D eigenvalue weighted by molar-refractivity contribution is 5.79. The van der Waals surface area contributed by atoms with Crippen molar-refractivity contribution in [1.29, 1.82) is 0 Å². The molecule has 2 aromatic rings. The molecule has 0 aliphatic heterocycles. The molecule has 1 unspecified atom stereocenters. The summed E-state index contributed by atoms with van der Waals surface area (Å²) in [6.07, 6.45) is 0.274. The van der Waals surface area contributed by atoms with Crippen molar-refractivity contribution in [2.75, 3.05) is 5.73 Å². The number of nitrogens with two attached hydrogens (primary N) is 1. The minimum Gasteiger partial charge on any atom is -0.399 e. The standard InChI is InChI=1S/C16H17FN2O/c1-11(13-5-7-14(17)8-6-13)19-16(20)10-12-3-2-4-15(18)9-12/h2-9,11H,10,18H2,1H3,(H,19,20). The highest BCUT2D eigenvalue weighted by atomic mass is 19.1. The zero-order chi connectivity index (χ0) is 14.5. The Bertz CT molecular complexity index is 596. The van der Waals surface area contributed by atoms with Crippen molar-refractivity contribution in [3.8, 4) is 0 Å². The monoisotopic (exact) mass is 272 g/mol. The normalized spacial score (nSPS) is 11.9. The second-order valence-corrected chi connectivity index (χ2v) is 4.76. The maximum Gasteiger partial charge on any atom is 0.224 e. The molecule has 0 saturated heterocycles. The molecule has 3 N–H and O–H groups in total. The molecule has 0 spiro atoms. The zero-order valence-corrected chi connectivity index (χ0v) is 11.3. The number of amides is 1. The van der Waals surface area contributed by atoms with E-state index < -0.39 is 0 Å². The summed E-state index contributed by atoms with van der Waals surface area (Å²) in [6.45, 7) is 1.87. The van der Waals surface area contributed by atoms with Crippen LogP contribution < -0.4 is 11.1 Å². The lowest BCUT2D eigenvalue weighted by Crippen LogP contribution is -2.28. The van der Waals surface area contributed by atoms with Gasteiger partial charge in [-0.25, -0.2) is 4.39 Å². The number of rotatable bonds is 4. The van der Waals surface area contributed by atoms with Gasteiger partial charge in [0.2, 0.25) is 5.91 Å². The van der Waals surface area contributed by atoms with Gasteiger partial charge in [-0.1, -0.05) is 24.3 Å². The lowest BCUT2D eigenvalue weighted by atomic mass is 10.1. The molecule has 1 amide bonds. The van der Waals surface area contributed by atoms with Crippen LogP contribution in [0.2, 0.25) is 0 Å². The largest absolute Gasteiger partial charge is 0.399 e. The van der Waals surface area contributed by atoms with Gasteiger partial charge in [-0.15, -0.1) is 0 Å². The molecule has 0 heterocycles. The average Bonchev–Trinajstić information content (AvgIpc) is 2.39. The van der Waals surface area contributed by atoms with Crippen LogP contribution >= 0.6 is 0 Å². The second-order valence-electron chi connectivity index (χ2n) is 4.76. The molecule has 0 aliphatic carbocycles. The molecule has 0 aliphatic rings. The number of benzene rings is 2. The van der Waals surface area contributed by atoms with Crippen molar-refractivity contribution in [3.05, 3.63) is 65.5 Å². The highest BCUT2D eigenvalue weighted by Crippen LogP contribution is 2.13. The summed E-state index contributed by atoms with van der Waals surface area (Å²) < 4.78 is 12.8. The summed E-state index contributed by atoms with van der Waals surface area (Å²) in [5.41, 5.74) is 8.05. The molecular formula is C16H17FN2O. The Labute approximate surface area is 117 Å². The van der Waals surface area contributed by atoms with Crippen molar-refractivity contribution in [2.45, 2.75) is 19.4 Å². The van der Waals surface area contributed by atoms with Gasteiger partial charge in [0.25, 0.3) is 0 Å². The molecule has 0 bridgehead atoms. The first kappa shape index (κ1) is 14.1. The van der Waals surface area contributed by atoms with Crippen LogP contribution in [0.5, 0.6) is 0 Å². The van der Waals surface area contributed by atoms with E-state index in [1.165, 1.54) is 12.1 Å². The first-order chi connectivity index (χ1) is 9.54. The van der Waals surface area contributed by atoms with Gasteiger partial charge in [-0.05, 0) is 42.3 Å². The molecule has 1 atom stereocenters. The van der Waals surface area contributed by atoms with E-state index in [1.54, 1.807) is 24.3 Å². The number of nitrogen functional groups attached to an aromatic ring is 1. The van der Waals surface area contributed by atoms with E-state index in [0.29, 0.717) is 5.69 Å². The maximum absolute atomic E-state index is 12.8.